The van der Waals surface area contributed by atoms with Gasteiger partial charge in [-0.1, -0.05) is 67.6 Å². The Morgan fingerprint density at radius 3 is 2.19 bits per heavy atom. The van der Waals surface area contributed by atoms with Crippen molar-refractivity contribution >= 4 is 22.9 Å². The van der Waals surface area contributed by atoms with E-state index < -0.39 is 0 Å². The molecule has 7 nitrogen and oxygen atoms in total. The molecule has 0 aliphatic carbocycles. The highest BCUT2D eigenvalue weighted by Crippen LogP contribution is 2.27. The zero-order valence-electron chi connectivity index (χ0n) is 17.9. The molecule has 4 aromatic rings. The first-order chi connectivity index (χ1) is 15.2. The van der Waals surface area contributed by atoms with Crippen LogP contribution >= 0.6 is 0 Å². The molecule has 2 heterocycles. The molecule has 7 heteroatoms. The smallest absolute Gasteiger partial charge is 0.227 e. The first kappa shape index (κ1) is 20.8. The summed E-state index contributed by atoms with van der Waals surface area (Å²) in [5, 5.41) is 16.3. The van der Waals surface area contributed by atoms with Crippen LogP contribution in [0, 0.1) is 0 Å². The van der Waals surface area contributed by atoms with Gasteiger partial charge in [-0.3, -0.25) is 0 Å². The van der Waals surface area contributed by atoms with E-state index in [-0.39, 0.29) is 18.6 Å². The molecular weight excluding hydrogens is 388 g/mol. The highest BCUT2D eigenvalue weighted by atomic mass is 16.3. The monoisotopic (exact) mass is 416 g/mol. The van der Waals surface area contributed by atoms with E-state index in [0.717, 1.165) is 17.6 Å². The molecule has 0 spiro atoms. The van der Waals surface area contributed by atoms with Gasteiger partial charge in [0.2, 0.25) is 5.95 Å². The zero-order chi connectivity index (χ0) is 21.6. The summed E-state index contributed by atoms with van der Waals surface area (Å²) in [5.74, 6) is 1.32. The summed E-state index contributed by atoms with van der Waals surface area (Å²) >= 11 is 0. The summed E-state index contributed by atoms with van der Waals surface area (Å²) in [6, 6.07) is 20.8. The van der Waals surface area contributed by atoms with Crippen molar-refractivity contribution in [2.45, 2.75) is 25.3 Å². The molecule has 0 saturated carbocycles. The fourth-order valence-electron chi connectivity index (χ4n) is 3.65. The molecule has 0 bridgehead atoms. The molecule has 160 valence electrons. The molecule has 0 aliphatic rings. The summed E-state index contributed by atoms with van der Waals surface area (Å²) in [4.78, 5) is 13.8. The molecule has 0 aliphatic heterocycles. The van der Waals surface area contributed by atoms with E-state index in [0.29, 0.717) is 18.3 Å². The Hall–Kier alpha value is -3.45. The predicted molar refractivity (Wildman–Crippen MR) is 124 cm³/mol. The number of nitrogens with zero attached hydrogens (tertiary/aromatic N) is 4. The minimum absolute atomic E-state index is 0.0239. The lowest BCUT2D eigenvalue weighted by Crippen LogP contribution is -2.24. The number of hydrogen-bond acceptors (Lipinski definition) is 6. The highest BCUT2D eigenvalue weighted by molar-refractivity contribution is 5.84. The fraction of sp³-hybridized carbons (Fsp3) is 0.292. The van der Waals surface area contributed by atoms with E-state index in [1.165, 1.54) is 11.1 Å². The summed E-state index contributed by atoms with van der Waals surface area (Å²) in [5.41, 5.74) is 3.93. The van der Waals surface area contributed by atoms with Crippen molar-refractivity contribution in [2.75, 3.05) is 23.8 Å². The largest absolute Gasteiger partial charge is 0.394 e. The molecular formula is C24H28N6O. The molecule has 0 amide bonds. The van der Waals surface area contributed by atoms with Crippen LogP contribution in [0.4, 0.5) is 11.8 Å². The van der Waals surface area contributed by atoms with Gasteiger partial charge in [-0.25, -0.2) is 4.98 Å². The van der Waals surface area contributed by atoms with E-state index in [2.05, 4.69) is 74.1 Å². The van der Waals surface area contributed by atoms with Crippen LogP contribution in [0.3, 0.4) is 0 Å². The van der Waals surface area contributed by atoms with E-state index >= 15 is 0 Å². The van der Waals surface area contributed by atoms with Crippen LogP contribution in [-0.2, 0) is 7.05 Å². The Labute approximate surface area is 182 Å². The van der Waals surface area contributed by atoms with Gasteiger partial charge in [0.25, 0.3) is 0 Å². The number of aromatic nitrogens is 4. The van der Waals surface area contributed by atoms with Crippen molar-refractivity contribution in [2.24, 2.45) is 7.05 Å². The summed E-state index contributed by atoms with van der Waals surface area (Å²) in [6.07, 6.45) is 2.51. The molecule has 0 saturated heterocycles. The molecule has 0 radical (unpaired) electrons. The Morgan fingerprint density at radius 1 is 0.968 bits per heavy atom. The maximum atomic E-state index is 9.56. The molecule has 2 aromatic heterocycles. The molecule has 1 atom stereocenters. The van der Waals surface area contributed by atoms with Gasteiger partial charge in [0, 0.05) is 19.5 Å². The van der Waals surface area contributed by atoms with Gasteiger partial charge in [-0.2, -0.15) is 9.97 Å². The minimum Gasteiger partial charge on any atom is -0.394 e. The number of nitrogens with one attached hydrogen (secondary N) is 2. The van der Waals surface area contributed by atoms with Crippen molar-refractivity contribution in [3.63, 3.8) is 0 Å². The van der Waals surface area contributed by atoms with E-state index in [4.69, 9.17) is 0 Å². The van der Waals surface area contributed by atoms with E-state index in [1.54, 1.807) is 6.33 Å². The molecule has 0 unspecified atom stereocenters. The number of aliphatic hydroxyl groups is 1. The lowest BCUT2D eigenvalue weighted by molar-refractivity contribution is 0.271. The number of imidazole rings is 1. The van der Waals surface area contributed by atoms with Gasteiger partial charge in [-0.05, 0) is 17.5 Å². The van der Waals surface area contributed by atoms with Crippen LogP contribution in [0.2, 0.25) is 0 Å². The highest BCUT2D eigenvalue weighted by Gasteiger charge is 2.18. The number of rotatable bonds is 9. The first-order valence-corrected chi connectivity index (χ1v) is 10.6. The number of aryl methyl sites for hydroxylation is 1. The lowest BCUT2D eigenvalue weighted by atomic mass is 9.91. The number of anilines is 2. The Bertz CT molecular complexity index is 1070. The van der Waals surface area contributed by atoms with Crippen molar-refractivity contribution in [3.8, 4) is 0 Å². The molecule has 0 fully saturated rings. The Morgan fingerprint density at radius 2 is 1.61 bits per heavy atom. The zero-order valence-corrected chi connectivity index (χ0v) is 17.9. The molecule has 3 N–H and O–H groups in total. The summed E-state index contributed by atoms with van der Waals surface area (Å²) in [6.45, 7) is 2.70. The standard InChI is InChI=1S/C24H28N6O/c1-3-19(15-31)27-24-28-22(21-23(29-24)30(2)16-26-21)25-14-20(17-10-6-4-7-11-17)18-12-8-5-9-13-18/h4-13,16,19-20,31H,3,14-15H2,1-2H3,(H2,25,27,28,29)/t19-/m1/s1. The third-order valence-corrected chi connectivity index (χ3v) is 5.48. The maximum Gasteiger partial charge on any atom is 0.227 e. The van der Waals surface area contributed by atoms with Crippen molar-refractivity contribution < 1.29 is 5.11 Å². The fourth-order valence-corrected chi connectivity index (χ4v) is 3.65. The maximum absolute atomic E-state index is 9.56. The normalized spacial score (nSPS) is 12.3. The van der Waals surface area contributed by atoms with Gasteiger partial charge in [0.05, 0.1) is 19.0 Å². The van der Waals surface area contributed by atoms with Crippen LogP contribution in [0.5, 0.6) is 0 Å². The number of benzene rings is 2. The topological polar surface area (TPSA) is 87.9 Å². The van der Waals surface area contributed by atoms with Crippen LogP contribution in [0.25, 0.3) is 11.2 Å². The lowest BCUT2D eigenvalue weighted by Gasteiger charge is -2.20. The second-order valence-electron chi connectivity index (χ2n) is 7.61. The SMILES string of the molecule is CC[C@H](CO)Nc1nc(NCC(c2ccccc2)c2ccccc2)c2ncn(C)c2n1. The molecule has 31 heavy (non-hydrogen) atoms. The van der Waals surface area contributed by atoms with Gasteiger partial charge < -0.3 is 20.3 Å². The molecule has 2 aromatic carbocycles. The predicted octanol–water partition coefficient (Wildman–Crippen LogP) is 3.79. The van der Waals surface area contributed by atoms with E-state index in [9.17, 15) is 5.11 Å². The number of fused-ring (bicyclic) bond motifs is 1. The average Bonchev–Trinajstić information content (AvgIpc) is 3.19. The Balaban J connectivity index is 1.66. The second-order valence-corrected chi connectivity index (χ2v) is 7.61. The molecule has 4 rings (SSSR count). The minimum atomic E-state index is -0.0973. The average molecular weight is 417 g/mol. The van der Waals surface area contributed by atoms with Gasteiger partial charge in [0.15, 0.2) is 17.0 Å². The van der Waals surface area contributed by atoms with Gasteiger partial charge in [-0.15, -0.1) is 0 Å². The van der Waals surface area contributed by atoms with Crippen LogP contribution in [-0.4, -0.2) is 43.8 Å². The van der Waals surface area contributed by atoms with Crippen LogP contribution in [0.1, 0.15) is 30.4 Å². The van der Waals surface area contributed by atoms with Crippen molar-refractivity contribution in [1.82, 2.24) is 19.5 Å². The van der Waals surface area contributed by atoms with Crippen LogP contribution < -0.4 is 10.6 Å². The first-order valence-electron chi connectivity index (χ1n) is 10.6. The summed E-state index contributed by atoms with van der Waals surface area (Å²) in [7, 11) is 1.91. The third kappa shape index (κ3) is 4.67. The van der Waals surface area contributed by atoms with Gasteiger partial charge >= 0.3 is 0 Å². The second kappa shape index (κ2) is 9.57. The summed E-state index contributed by atoms with van der Waals surface area (Å²) < 4.78 is 1.87. The van der Waals surface area contributed by atoms with Gasteiger partial charge in [0.1, 0.15) is 0 Å². The van der Waals surface area contributed by atoms with E-state index in [1.807, 2.05) is 30.7 Å². The quantitative estimate of drug-likeness (QED) is 0.385. The van der Waals surface area contributed by atoms with Crippen molar-refractivity contribution in [3.05, 3.63) is 78.1 Å². The van der Waals surface area contributed by atoms with Crippen LogP contribution in [0.15, 0.2) is 67.0 Å². The Kier molecular flexibility index (Phi) is 6.43. The number of hydrogen-bond donors (Lipinski definition) is 3. The third-order valence-electron chi connectivity index (χ3n) is 5.48. The van der Waals surface area contributed by atoms with Crippen molar-refractivity contribution in [1.29, 1.82) is 0 Å². The number of aliphatic hydroxyl groups excluding tert-OH is 1.